The number of aromatic nitrogens is 1. The summed E-state index contributed by atoms with van der Waals surface area (Å²) in [4.78, 5) is 40.0. The van der Waals surface area contributed by atoms with Gasteiger partial charge in [-0.05, 0) is 18.1 Å². The fourth-order valence-corrected chi connectivity index (χ4v) is 4.09. The maximum Gasteiger partial charge on any atom is 0.245 e. The lowest BCUT2D eigenvalue weighted by Gasteiger charge is -2.33. The standard InChI is InChI=1S/C19H22N4O3/c1-21-9-12(14-5-3-4-6-15(14)21)7-17(24)20-13-8-16-19(26)22(2)11-18(25)23(16)10-13/h3-6,9,13,16H,7-8,10-11H2,1-2H3,(H,20,24)/t13-,16-/m0/s1. The summed E-state index contributed by atoms with van der Waals surface area (Å²) >= 11 is 0. The minimum atomic E-state index is -0.441. The highest BCUT2D eigenvalue weighted by molar-refractivity contribution is 5.95. The van der Waals surface area contributed by atoms with Gasteiger partial charge < -0.3 is 19.7 Å². The number of fused-ring (bicyclic) bond motifs is 2. The molecule has 26 heavy (non-hydrogen) atoms. The van der Waals surface area contributed by atoms with E-state index in [9.17, 15) is 14.4 Å². The number of piperazine rings is 1. The average molecular weight is 354 g/mol. The molecule has 2 saturated heterocycles. The Balaban J connectivity index is 1.44. The number of para-hydroxylation sites is 1. The van der Waals surface area contributed by atoms with Gasteiger partial charge in [0.2, 0.25) is 17.7 Å². The Morgan fingerprint density at radius 2 is 2.00 bits per heavy atom. The lowest BCUT2D eigenvalue weighted by molar-refractivity contribution is -0.152. The van der Waals surface area contributed by atoms with E-state index in [2.05, 4.69) is 5.32 Å². The molecule has 1 N–H and O–H groups in total. The van der Waals surface area contributed by atoms with E-state index in [1.165, 1.54) is 4.90 Å². The van der Waals surface area contributed by atoms with Crippen molar-refractivity contribution >= 4 is 28.6 Å². The molecule has 2 atom stereocenters. The van der Waals surface area contributed by atoms with E-state index in [0.717, 1.165) is 16.5 Å². The van der Waals surface area contributed by atoms with Gasteiger partial charge in [-0.25, -0.2) is 0 Å². The topological polar surface area (TPSA) is 74.7 Å². The maximum absolute atomic E-state index is 12.5. The Morgan fingerprint density at radius 3 is 2.81 bits per heavy atom. The number of amides is 3. The first-order valence-electron chi connectivity index (χ1n) is 8.81. The van der Waals surface area contributed by atoms with Crippen molar-refractivity contribution < 1.29 is 14.4 Å². The molecule has 2 aromatic rings. The summed E-state index contributed by atoms with van der Waals surface area (Å²) in [6, 6.07) is 7.37. The second kappa shape index (κ2) is 6.16. The zero-order chi connectivity index (χ0) is 18.4. The van der Waals surface area contributed by atoms with Crippen molar-refractivity contribution in [3.8, 4) is 0 Å². The predicted molar refractivity (Wildman–Crippen MR) is 96.3 cm³/mol. The number of benzene rings is 1. The highest BCUT2D eigenvalue weighted by atomic mass is 16.2. The van der Waals surface area contributed by atoms with Gasteiger partial charge in [-0.1, -0.05) is 18.2 Å². The average Bonchev–Trinajstić information content (AvgIpc) is 3.16. The molecule has 2 aliphatic rings. The number of hydrogen-bond donors (Lipinski definition) is 1. The van der Waals surface area contributed by atoms with Crippen LogP contribution >= 0.6 is 0 Å². The van der Waals surface area contributed by atoms with Gasteiger partial charge in [0.25, 0.3) is 0 Å². The number of rotatable bonds is 3. The van der Waals surface area contributed by atoms with E-state index < -0.39 is 6.04 Å². The number of aryl methyl sites for hydroxylation is 1. The third-order valence-electron chi connectivity index (χ3n) is 5.35. The van der Waals surface area contributed by atoms with Crippen LogP contribution in [-0.2, 0) is 27.9 Å². The molecule has 7 heteroatoms. The van der Waals surface area contributed by atoms with Crippen LogP contribution in [0.5, 0.6) is 0 Å². The van der Waals surface area contributed by atoms with Crippen molar-refractivity contribution in [2.45, 2.75) is 24.9 Å². The zero-order valence-electron chi connectivity index (χ0n) is 14.9. The van der Waals surface area contributed by atoms with Crippen LogP contribution in [0.15, 0.2) is 30.5 Å². The minimum absolute atomic E-state index is 0.0459. The molecule has 0 radical (unpaired) electrons. The van der Waals surface area contributed by atoms with E-state index >= 15 is 0 Å². The Morgan fingerprint density at radius 1 is 1.23 bits per heavy atom. The molecule has 1 aromatic carbocycles. The fraction of sp³-hybridized carbons (Fsp3) is 0.421. The Hall–Kier alpha value is -2.83. The molecular formula is C19H22N4O3. The Bertz CT molecular complexity index is 903. The molecule has 2 fully saturated rings. The first-order valence-corrected chi connectivity index (χ1v) is 8.81. The molecular weight excluding hydrogens is 332 g/mol. The molecule has 136 valence electrons. The summed E-state index contributed by atoms with van der Waals surface area (Å²) in [5, 5.41) is 4.07. The van der Waals surface area contributed by atoms with Crippen molar-refractivity contribution in [2.75, 3.05) is 20.1 Å². The van der Waals surface area contributed by atoms with Crippen LogP contribution in [0.3, 0.4) is 0 Å². The molecule has 3 heterocycles. The van der Waals surface area contributed by atoms with Crippen LogP contribution in [0.2, 0.25) is 0 Å². The smallest absolute Gasteiger partial charge is 0.245 e. The van der Waals surface area contributed by atoms with Crippen LogP contribution in [0, 0.1) is 0 Å². The second-order valence-corrected chi connectivity index (χ2v) is 7.22. The fourth-order valence-electron chi connectivity index (χ4n) is 4.09. The van der Waals surface area contributed by atoms with Gasteiger partial charge in [0.15, 0.2) is 0 Å². The number of nitrogens with zero attached hydrogens (tertiary/aromatic N) is 3. The molecule has 0 spiro atoms. The SMILES string of the molecule is CN1CC(=O)N2C[C@@H](NC(=O)Cc3cn(C)c4ccccc34)C[C@H]2C1=O. The van der Waals surface area contributed by atoms with Gasteiger partial charge >= 0.3 is 0 Å². The summed E-state index contributed by atoms with van der Waals surface area (Å²) < 4.78 is 2.01. The molecule has 2 aliphatic heterocycles. The molecule has 0 saturated carbocycles. The first-order chi connectivity index (χ1) is 12.4. The van der Waals surface area contributed by atoms with E-state index in [-0.39, 0.29) is 36.7 Å². The van der Waals surface area contributed by atoms with E-state index in [4.69, 9.17) is 0 Å². The van der Waals surface area contributed by atoms with Crippen LogP contribution in [-0.4, -0.2) is 64.3 Å². The predicted octanol–water partition coefficient (Wildman–Crippen LogP) is 0.279. The van der Waals surface area contributed by atoms with Crippen molar-refractivity contribution in [3.63, 3.8) is 0 Å². The van der Waals surface area contributed by atoms with Crippen LogP contribution < -0.4 is 5.32 Å². The zero-order valence-corrected chi connectivity index (χ0v) is 14.9. The van der Waals surface area contributed by atoms with Gasteiger partial charge in [-0.15, -0.1) is 0 Å². The van der Waals surface area contributed by atoms with Gasteiger partial charge in [0.1, 0.15) is 6.04 Å². The van der Waals surface area contributed by atoms with E-state index in [1.807, 2.05) is 42.1 Å². The van der Waals surface area contributed by atoms with Crippen molar-refractivity contribution in [1.82, 2.24) is 19.7 Å². The van der Waals surface area contributed by atoms with Crippen LogP contribution in [0.4, 0.5) is 0 Å². The molecule has 3 amide bonds. The van der Waals surface area contributed by atoms with Gasteiger partial charge in [-0.2, -0.15) is 0 Å². The summed E-state index contributed by atoms with van der Waals surface area (Å²) in [7, 11) is 3.61. The summed E-state index contributed by atoms with van der Waals surface area (Å²) in [6.07, 6.45) is 2.74. The molecule has 7 nitrogen and oxygen atoms in total. The second-order valence-electron chi connectivity index (χ2n) is 7.22. The number of likely N-dealkylation sites (N-methyl/N-ethyl adjacent to an activating group) is 1. The molecule has 0 bridgehead atoms. The highest BCUT2D eigenvalue weighted by Crippen LogP contribution is 2.24. The van der Waals surface area contributed by atoms with Gasteiger partial charge in [0.05, 0.1) is 13.0 Å². The highest BCUT2D eigenvalue weighted by Gasteiger charge is 2.44. The molecule has 4 rings (SSSR count). The minimum Gasteiger partial charge on any atom is -0.351 e. The Kier molecular flexibility index (Phi) is 3.94. The number of carbonyl (C=O) groups is 3. The quantitative estimate of drug-likeness (QED) is 0.860. The first kappa shape index (κ1) is 16.6. The third-order valence-corrected chi connectivity index (χ3v) is 5.35. The normalized spacial score (nSPS) is 22.8. The van der Waals surface area contributed by atoms with Gasteiger partial charge in [0, 0.05) is 43.8 Å². The van der Waals surface area contributed by atoms with E-state index in [0.29, 0.717) is 13.0 Å². The summed E-state index contributed by atoms with van der Waals surface area (Å²) in [5.74, 6) is -0.183. The maximum atomic E-state index is 12.5. The van der Waals surface area contributed by atoms with Gasteiger partial charge in [-0.3, -0.25) is 14.4 Å². The van der Waals surface area contributed by atoms with Crippen LogP contribution in [0.1, 0.15) is 12.0 Å². The third kappa shape index (κ3) is 2.73. The Labute approximate surface area is 151 Å². The number of hydrogen-bond acceptors (Lipinski definition) is 3. The lowest BCUT2D eigenvalue weighted by Crippen LogP contribution is -2.55. The number of nitrogens with one attached hydrogen (secondary N) is 1. The van der Waals surface area contributed by atoms with E-state index in [1.54, 1.807) is 11.9 Å². The molecule has 0 unspecified atom stereocenters. The lowest BCUT2D eigenvalue weighted by atomic mass is 10.1. The van der Waals surface area contributed by atoms with Crippen LogP contribution in [0.25, 0.3) is 10.9 Å². The molecule has 0 aliphatic carbocycles. The summed E-state index contributed by atoms with van der Waals surface area (Å²) in [5.41, 5.74) is 2.07. The molecule has 1 aromatic heterocycles. The van der Waals surface area contributed by atoms with Crippen molar-refractivity contribution in [3.05, 3.63) is 36.0 Å². The monoisotopic (exact) mass is 354 g/mol. The van der Waals surface area contributed by atoms with Crippen molar-refractivity contribution in [1.29, 1.82) is 0 Å². The van der Waals surface area contributed by atoms with Crippen molar-refractivity contribution in [2.24, 2.45) is 7.05 Å². The largest absolute Gasteiger partial charge is 0.351 e. The summed E-state index contributed by atoms with van der Waals surface area (Å²) in [6.45, 7) is 0.524. The number of carbonyl (C=O) groups excluding carboxylic acids is 3.